The van der Waals surface area contributed by atoms with Crippen LogP contribution < -0.4 is 0 Å². The summed E-state index contributed by atoms with van der Waals surface area (Å²) >= 11 is 11.4. The average molecular weight is 151 g/mol. The molecule has 8 heavy (non-hydrogen) atoms. The Kier molecular flexibility index (Phi) is 1.33. The number of hydrogen-bond donors (Lipinski definition) is 0. The molecular weight excluding hydrogens is 143 g/mol. The van der Waals surface area contributed by atoms with Crippen molar-refractivity contribution in [3.63, 3.8) is 0 Å². The van der Waals surface area contributed by atoms with Crippen LogP contribution in [-0.4, -0.2) is 4.33 Å². The van der Waals surface area contributed by atoms with Crippen LogP contribution in [0.4, 0.5) is 0 Å². The van der Waals surface area contributed by atoms with Gasteiger partial charge < -0.3 is 0 Å². The van der Waals surface area contributed by atoms with E-state index in [4.69, 9.17) is 23.2 Å². The lowest BCUT2D eigenvalue weighted by Crippen LogP contribution is -1.86. The SMILES string of the molecule is C=C1C(CC)C1(Cl)Cl. The lowest BCUT2D eigenvalue weighted by Gasteiger charge is -1.88. The highest BCUT2D eigenvalue weighted by molar-refractivity contribution is 6.54. The molecule has 0 aromatic heterocycles. The van der Waals surface area contributed by atoms with Gasteiger partial charge in [-0.05, 0) is 12.0 Å². The Hall–Kier alpha value is 0.320. The number of hydrogen-bond acceptors (Lipinski definition) is 0. The van der Waals surface area contributed by atoms with Crippen molar-refractivity contribution in [2.75, 3.05) is 0 Å². The number of rotatable bonds is 1. The van der Waals surface area contributed by atoms with Gasteiger partial charge in [-0.2, -0.15) is 0 Å². The molecule has 0 spiro atoms. The quantitative estimate of drug-likeness (QED) is 0.399. The second kappa shape index (κ2) is 1.65. The molecule has 0 saturated heterocycles. The van der Waals surface area contributed by atoms with Crippen LogP contribution >= 0.6 is 23.2 Å². The molecule has 1 aliphatic carbocycles. The summed E-state index contributed by atoms with van der Waals surface area (Å²) in [6.45, 7) is 5.77. The Labute approximate surface area is 59.5 Å². The molecule has 1 saturated carbocycles. The molecule has 0 bridgehead atoms. The zero-order valence-corrected chi connectivity index (χ0v) is 6.26. The summed E-state index contributed by atoms with van der Waals surface area (Å²) in [6.07, 6.45) is 1.01. The van der Waals surface area contributed by atoms with Gasteiger partial charge in [0.1, 0.15) is 4.33 Å². The summed E-state index contributed by atoms with van der Waals surface area (Å²) in [7, 11) is 0. The highest BCUT2D eigenvalue weighted by Gasteiger charge is 2.54. The average Bonchev–Trinajstić information content (AvgIpc) is 2.09. The second-order valence-electron chi connectivity index (χ2n) is 2.11. The Morgan fingerprint density at radius 1 is 1.75 bits per heavy atom. The summed E-state index contributed by atoms with van der Waals surface area (Å²) in [4.78, 5) is 0. The molecule has 0 heterocycles. The predicted octanol–water partition coefficient (Wildman–Crippen LogP) is 2.76. The minimum absolute atomic E-state index is 0.353. The van der Waals surface area contributed by atoms with Crippen molar-refractivity contribution in [2.45, 2.75) is 17.7 Å². The minimum atomic E-state index is -0.575. The molecule has 1 unspecified atom stereocenters. The maximum Gasteiger partial charge on any atom is 0.145 e. The monoisotopic (exact) mass is 150 g/mol. The summed E-state index contributed by atoms with van der Waals surface area (Å²) in [5.74, 6) is 0.353. The van der Waals surface area contributed by atoms with Gasteiger partial charge in [-0.1, -0.05) is 36.7 Å². The van der Waals surface area contributed by atoms with Crippen LogP contribution in [0.2, 0.25) is 0 Å². The van der Waals surface area contributed by atoms with Gasteiger partial charge in [0.25, 0.3) is 0 Å². The van der Waals surface area contributed by atoms with Crippen molar-refractivity contribution in [3.05, 3.63) is 12.2 Å². The van der Waals surface area contributed by atoms with Crippen LogP contribution in [0.5, 0.6) is 0 Å². The Morgan fingerprint density at radius 2 is 2.12 bits per heavy atom. The zero-order chi connectivity index (χ0) is 6.36. The van der Waals surface area contributed by atoms with E-state index in [9.17, 15) is 0 Å². The Bertz CT molecular complexity index is 126. The van der Waals surface area contributed by atoms with Crippen molar-refractivity contribution < 1.29 is 0 Å². The molecule has 2 heteroatoms. The molecule has 0 radical (unpaired) electrons. The number of halogens is 2. The highest BCUT2D eigenvalue weighted by atomic mass is 35.5. The van der Waals surface area contributed by atoms with Crippen molar-refractivity contribution in [2.24, 2.45) is 5.92 Å². The van der Waals surface area contributed by atoms with Gasteiger partial charge in [-0.3, -0.25) is 0 Å². The van der Waals surface area contributed by atoms with Crippen LogP contribution in [0.1, 0.15) is 13.3 Å². The lowest BCUT2D eigenvalue weighted by atomic mass is 10.3. The van der Waals surface area contributed by atoms with E-state index in [1.54, 1.807) is 0 Å². The molecule has 0 aromatic carbocycles. The van der Waals surface area contributed by atoms with Gasteiger partial charge in [-0.25, -0.2) is 0 Å². The molecule has 0 nitrogen and oxygen atoms in total. The fourth-order valence-corrected chi connectivity index (χ4v) is 1.62. The van der Waals surface area contributed by atoms with Crippen molar-refractivity contribution in [1.29, 1.82) is 0 Å². The van der Waals surface area contributed by atoms with Gasteiger partial charge in [0.05, 0.1) is 0 Å². The molecule has 0 N–H and O–H groups in total. The Morgan fingerprint density at radius 3 is 2.12 bits per heavy atom. The van der Waals surface area contributed by atoms with E-state index in [1.807, 2.05) is 0 Å². The van der Waals surface area contributed by atoms with Crippen LogP contribution in [0, 0.1) is 5.92 Å². The lowest BCUT2D eigenvalue weighted by molar-refractivity contribution is 0.809. The molecule has 46 valence electrons. The topological polar surface area (TPSA) is 0 Å². The van der Waals surface area contributed by atoms with Gasteiger partial charge in [-0.15, -0.1) is 0 Å². The highest BCUT2D eigenvalue weighted by Crippen LogP contribution is 2.59. The molecule has 0 aromatic rings. The molecule has 0 aliphatic heterocycles. The van der Waals surface area contributed by atoms with Gasteiger partial charge in [0.2, 0.25) is 0 Å². The van der Waals surface area contributed by atoms with Crippen molar-refractivity contribution in [1.82, 2.24) is 0 Å². The molecular formula is C6H8Cl2. The largest absolute Gasteiger partial charge is 0.145 e. The molecule has 1 atom stereocenters. The first-order chi connectivity index (χ1) is 3.60. The zero-order valence-electron chi connectivity index (χ0n) is 4.75. The van der Waals surface area contributed by atoms with E-state index >= 15 is 0 Å². The van der Waals surface area contributed by atoms with Crippen LogP contribution in [0.15, 0.2) is 12.2 Å². The van der Waals surface area contributed by atoms with E-state index in [-0.39, 0.29) is 0 Å². The molecule has 1 fully saturated rings. The van der Waals surface area contributed by atoms with E-state index in [0.717, 1.165) is 12.0 Å². The summed E-state index contributed by atoms with van der Waals surface area (Å²) in [5, 5.41) is 0. The van der Waals surface area contributed by atoms with Gasteiger partial charge in [0, 0.05) is 5.92 Å². The molecule has 1 rings (SSSR count). The van der Waals surface area contributed by atoms with Gasteiger partial charge >= 0.3 is 0 Å². The first kappa shape index (κ1) is 6.44. The fourth-order valence-electron chi connectivity index (χ4n) is 0.894. The van der Waals surface area contributed by atoms with E-state index in [2.05, 4.69) is 13.5 Å². The Balaban J connectivity index is 2.58. The fraction of sp³-hybridized carbons (Fsp3) is 0.667. The van der Waals surface area contributed by atoms with E-state index < -0.39 is 4.33 Å². The van der Waals surface area contributed by atoms with Gasteiger partial charge in [0.15, 0.2) is 0 Å². The first-order valence-electron chi connectivity index (χ1n) is 2.67. The maximum atomic E-state index is 5.72. The first-order valence-corrected chi connectivity index (χ1v) is 3.43. The minimum Gasteiger partial charge on any atom is -0.0965 e. The summed E-state index contributed by atoms with van der Waals surface area (Å²) in [5.41, 5.74) is 0.975. The normalized spacial score (nSPS) is 32.9. The van der Waals surface area contributed by atoms with Crippen molar-refractivity contribution >= 4 is 23.2 Å². The standard InChI is InChI=1S/C6H8Cl2/c1-3-5-4(2)6(5,7)8/h5H,2-3H2,1H3. The van der Waals surface area contributed by atoms with E-state index in [1.165, 1.54) is 0 Å². The van der Waals surface area contributed by atoms with Crippen LogP contribution in [0.25, 0.3) is 0 Å². The van der Waals surface area contributed by atoms with Crippen LogP contribution in [0.3, 0.4) is 0 Å². The van der Waals surface area contributed by atoms with Crippen molar-refractivity contribution in [3.8, 4) is 0 Å². The predicted molar refractivity (Wildman–Crippen MR) is 37.4 cm³/mol. The van der Waals surface area contributed by atoms with E-state index in [0.29, 0.717) is 5.92 Å². The summed E-state index contributed by atoms with van der Waals surface area (Å²) in [6, 6.07) is 0. The molecule has 0 amide bonds. The number of allylic oxidation sites excluding steroid dienone is 1. The number of alkyl halides is 2. The third kappa shape index (κ3) is 0.672. The summed E-state index contributed by atoms with van der Waals surface area (Å²) < 4.78 is -0.575. The van der Waals surface area contributed by atoms with Crippen LogP contribution in [-0.2, 0) is 0 Å². The third-order valence-electron chi connectivity index (χ3n) is 1.61. The third-order valence-corrected chi connectivity index (χ3v) is 2.62. The second-order valence-corrected chi connectivity index (χ2v) is 3.49. The molecule has 1 aliphatic rings. The smallest absolute Gasteiger partial charge is 0.0965 e. The maximum absolute atomic E-state index is 5.72.